The Morgan fingerprint density at radius 2 is 1.73 bits per heavy atom. The van der Waals surface area contributed by atoms with Crippen LogP contribution in [0.1, 0.15) is 24.7 Å². The van der Waals surface area contributed by atoms with Crippen molar-refractivity contribution in [1.82, 2.24) is 0 Å². The van der Waals surface area contributed by atoms with E-state index < -0.39 is 0 Å². The Morgan fingerprint density at radius 1 is 1.09 bits per heavy atom. The van der Waals surface area contributed by atoms with Gasteiger partial charge in [0.15, 0.2) is 0 Å². The van der Waals surface area contributed by atoms with Crippen molar-refractivity contribution in [2.24, 2.45) is 11.7 Å². The van der Waals surface area contributed by atoms with Crippen LogP contribution in [0.3, 0.4) is 0 Å². The zero-order valence-electron chi connectivity index (χ0n) is 13.0. The molecule has 2 atom stereocenters. The summed E-state index contributed by atoms with van der Waals surface area (Å²) in [6.07, 6.45) is 0. The van der Waals surface area contributed by atoms with Gasteiger partial charge in [-0.25, -0.2) is 0 Å². The van der Waals surface area contributed by atoms with Gasteiger partial charge in [-0.05, 0) is 36.8 Å². The molecular weight excluding hydrogens is 292 g/mol. The van der Waals surface area contributed by atoms with Gasteiger partial charge in [0.1, 0.15) is 0 Å². The maximum absolute atomic E-state index is 11.8. The first-order chi connectivity index (χ1) is 10.6. The molecule has 2 aromatic carbocycles. The summed E-state index contributed by atoms with van der Waals surface area (Å²) in [5.74, 6) is -0.214. The molecule has 1 amide bonds. The Kier molecular flexibility index (Phi) is 6.04. The number of hydrogen-bond donors (Lipinski definition) is 2. The van der Waals surface area contributed by atoms with E-state index in [-0.39, 0.29) is 11.8 Å². The lowest BCUT2D eigenvalue weighted by atomic mass is 10.1. The minimum absolute atomic E-state index is 0.0399. The summed E-state index contributed by atoms with van der Waals surface area (Å²) in [4.78, 5) is 13.1. The normalized spacial score (nSPS) is 13.4. The summed E-state index contributed by atoms with van der Waals surface area (Å²) in [6, 6.07) is 18.4. The van der Waals surface area contributed by atoms with Gasteiger partial charge < -0.3 is 11.1 Å². The Labute approximate surface area is 136 Å². The van der Waals surface area contributed by atoms with Crippen molar-refractivity contribution in [2.75, 3.05) is 11.9 Å². The van der Waals surface area contributed by atoms with Gasteiger partial charge in [-0.3, -0.25) is 4.79 Å². The lowest BCUT2D eigenvalue weighted by molar-refractivity contribution is -0.119. The molecule has 2 rings (SSSR count). The molecular formula is C18H22N2OS. The SMILES string of the molecule is CC(CN)C(=O)Nc1ccc(C(C)Sc2ccccc2)cc1. The molecule has 0 heterocycles. The highest BCUT2D eigenvalue weighted by atomic mass is 32.2. The van der Waals surface area contributed by atoms with Gasteiger partial charge in [-0.1, -0.05) is 37.3 Å². The molecule has 0 spiro atoms. The minimum atomic E-state index is -0.174. The van der Waals surface area contributed by atoms with E-state index in [0.29, 0.717) is 11.8 Å². The number of benzene rings is 2. The van der Waals surface area contributed by atoms with E-state index in [9.17, 15) is 4.79 Å². The number of amides is 1. The van der Waals surface area contributed by atoms with E-state index in [2.05, 4.69) is 36.5 Å². The molecule has 0 saturated carbocycles. The van der Waals surface area contributed by atoms with Crippen LogP contribution in [0.4, 0.5) is 5.69 Å². The first-order valence-corrected chi connectivity index (χ1v) is 8.30. The highest BCUT2D eigenvalue weighted by Gasteiger charge is 2.11. The van der Waals surface area contributed by atoms with Gasteiger partial charge in [0.05, 0.1) is 0 Å². The monoisotopic (exact) mass is 314 g/mol. The lowest BCUT2D eigenvalue weighted by Gasteiger charge is -2.14. The van der Waals surface area contributed by atoms with Gasteiger partial charge in [-0.2, -0.15) is 0 Å². The Bertz CT molecular complexity index is 598. The quantitative estimate of drug-likeness (QED) is 0.790. The fourth-order valence-electron chi connectivity index (χ4n) is 1.98. The van der Waals surface area contributed by atoms with E-state index in [1.165, 1.54) is 10.5 Å². The first-order valence-electron chi connectivity index (χ1n) is 7.42. The third kappa shape index (κ3) is 4.61. The van der Waals surface area contributed by atoms with Crippen molar-refractivity contribution in [1.29, 1.82) is 0 Å². The Balaban J connectivity index is 1.98. The number of carbonyl (C=O) groups is 1. The van der Waals surface area contributed by atoms with Crippen LogP contribution in [0.25, 0.3) is 0 Å². The summed E-state index contributed by atoms with van der Waals surface area (Å²) in [5, 5.41) is 3.24. The molecule has 0 bridgehead atoms. The number of rotatable bonds is 6. The van der Waals surface area contributed by atoms with Crippen LogP contribution in [0, 0.1) is 5.92 Å². The summed E-state index contributed by atoms with van der Waals surface area (Å²) >= 11 is 1.82. The van der Waals surface area contributed by atoms with Crippen molar-refractivity contribution < 1.29 is 4.79 Å². The predicted octanol–water partition coefficient (Wildman–Crippen LogP) is 4.07. The van der Waals surface area contributed by atoms with Crippen LogP contribution in [0.5, 0.6) is 0 Å². The summed E-state index contributed by atoms with van der Waals surface area (Å²) in [7, 11) is 0. The van der Waals surface area contributed by atoms with Gasteiger partial charge in [0, 0.05) is 28.3 Å². The molecule has 116 valence electrons. The highest BCUT2D eigenvalue weighted by molar-refractivity contribution is 7.99. The maximum atomic E-state index is 11.8. The molecule has 0 saturated heterocycles. The molecule has 2 aromatic rings. The minimum Gasteiger partial charge on any atom is -0.330 e. The second-order valence-corrected chi connectivity index (χ2v) is 6.74. The predicted molar refractivity (Wildman–Crippen MR) is 94.0 cm³/mol. The largest absolute Gasteiger partial charge is 0.330 e. The fraction of sp³-hybridized carbons (Fsp3) is 0.278. The van der Waals surface area contributed by atoms with Crippen LogP contribution in [0.2, 0.25) is 0 Å². The highest BCUT2D eigenvalue weighted by Crippen LogP contribution is 2.34. The molecule has 2 unspecified atom stereocenters. The number of nitrogens with one attached hydrogen (secondary N) is 1. The van der Waals surface area contributed by atoms with Gasteiger partial charge >= 0.3 is 0 Å². The first kappa shape index (κ1) is 16.6. The molecule has 3 N–H and O–H groups in total. The van der Waals surface area contributed by atoms with Crippen molar-refractivity contribution in [3.63, 3.8) is 0 Å². The molecule has 0 aliphatic rings. The Morgan fingerprint density at radius 3 is 2.32 bits per heavy atom. The van der Waals surface area contributed by atoms with E-state index in [1.54, 1.807) is 0 Å². The fourth-order valence-corrected chi connectivity index (χ4v) is 3.00. The van der Waals surface area contributed by atoms with E-state index >= 15 is 0 Å². The van der Waals surface area contributed by atoms with Crippen molar-refractivity contribution in [3.8, 4) is 0 Å². The molecule has 0 aliphatic heterocycles. The zero-order valence-corrected chi connectivity index (χ0v) is 13.8. The van der Waals surface area contributed by atoms with Gasteiger partial charge in [-0.15, -0.1) is 11.8 Å². The van der Waals surface area contributed by atoms with Gasteiger partial charge in [0.25, 0.3) is 0 Å². The molecule has 0 radical (unpaired) electrons. The third-order valence-electron chi connectivity index (χ3n) is 3.50. The molecule has 0 aromatic heterocycles. The maximum Gasteiger partial charge on any atom is 0.228 e. The van der Waals surface area contributed by atoms with Crippen LogP contribution in [-0.2, 0) is 4.79 Å². The molecule has 0 aliphatic carbocycles. The third-order valence-corrected chi connectivity index (χ3v) is 4.67. The van der Waals surface area contributed by atoms with Crippen molar-refractivity contribution in [2.45, 2.75) is 24.0 Å². The average molecular weight is 314 g/mol. The van der Waals surface area contributed by atoms with E-state index in [4.69, 9.17) is 5.73 Å². The van der Waals surface area contributed by atoms with Crippen molar-refractivity contribution in [3.05, 3.63) is 60.2 Å². The number of anilines is 1. The standard InChI is InChI=1S/C18H22N2OS/c1-13(12-19)18(21)20-16-10-8-15(9-11-16)14(2)22-17-6-4-3-5-7-17/h3-11,13-14H,12,19H2,1-2H3,(H,20,21). The summed E-state index contributed by atoms with van der Waals surface area (Å²) in [5.41, 5.74) is 7.55. The number of nitrogens with two attached hydrogens (primary N) is 1. The molecule has 22 heavy (non-hydrogen) atoms. The van der Waals surface area contributed by atoms with Crippen LogP contribution < -0.4 is 11.1 Å². The van der Waals surface area contributed by atoms with E-state index in [1.807, 2.05) is 49.0 Å². The summed E-state index contributed by atoms with van der Waals surface area (Å²) in [6.45, 7) is 4.36. The average Bonchev–Trinajstić information content (AvgIpc) is 2.55. The van der Waals surface area contributed by atoms with Gasteiger partial charge in [0.2, 0.25) is 5.91 Å². The molecule has 4 heteroatoms. The zero-order chi connectivity index (χ0) is 15.9. The number of hydrogen-bond acceptors (Lipinski definition) is 3. The number of thioether (sulfide) groups is 1. The van der Waals surface area contributed by atoms with Crippen LogP contribution >= 0.6 is 11.8 Å². The lowest BCUT2D eigenvalue weighted by Crippen LogP contribution is -2.26. The second kappa shape index (κ2) is 8.01. The molecule has 0 fully saturated rings. The van der Waals surface area contributed by atoms with Crippen LogP contribution in [-0.4, -0.2) is 12.5 Å². The van der Waals surface area contributed by atoms with E-state index in [0.717, 1.165) is 5.69 Å². The smallest absolute Gasteiger partial charge is 0.228 e. The topological polar surface area (TPSA) is 55.1 Å². The number of carbonyl (C=O) groups excluding carboxylic acids is 1. The van der Waals surface area contributed by atoms with Crippen LogP contribution in [0.15, 0.2) is 59.5 Å². The summed E-state index contributed by atoms with van der Waals surface area (Å²) < 4.78 is 0. The Hall–Kier alpha value is -1.78. The molecule has 3 nitrogen and oxygen atoms in total. The van der Waals surface area contributed by atoms with Crippen molar-refractivity contribution >= 4 is 23.4 Å². The second-order valence-electron chi connectivity index (χ2n) is 5.32.